The average molecular weight is 201 g/mol. The summed E-state index contributed by atoms with van der Waals surface area (Å²) in [4.78, 5) is 2.81. The van der Waals surface area contributed by atoms with Crippen LogP contribution >= 0.6 is 0 Å². The summed E-state index contributed by atoms with van der Waals surface area (Å²) in [6, 6.07) is 10.1. The Kier molecular flexibility index (Phi) is 5.06. The molecule has 0 N–H and O–H groups in total. The normalized spacial score (nSPS) is 11.5. The van der Waals surface area contributed by atoms with E-state index in [2.05, 4.69) is 28.7 Å². The Labute approximate surface area is 90.1 Å². The molecule has 0 aliphatic carbocycles. The SMILES string of the molecule is C=CCCC(CN=[N+]=[N-])c1ccccc1. The Morgan fingerprint density at radius 2 is 2.13 bits per heavy atom. The van der Waals surface area contributed by atoms with Gasteiger partial charge in [-0.1, -0.05) is 41.5 Å². The third kappa shape index (κ3) is 3.88. The molecule has 3 heteroatoms. The Morgan fingerprint density at radius 3 is 2.73 bits per heavy atom. The van der Waals surface area contributed by atoms with E-state index in [9.17, 15) is 0 Å². The fourth-order valence-corrected chi connectivity index (χ4v) is 1.54. The molecule has 0 saturated carbocycles. The molecule has 0 amide bonds. The summed E-state index contributed by atoms with van der Waals surface area (Å²) >= 11 is 0. The van der Waals surface area contributed by atoms with Gasteiger partial charge in [-0.2, -0.15) is 0 Å². The third-order valence-electron chi connectivity index (χ3n) is 2.36. The minimum atomic E-state index is 0.306. The molecule has 0 fully saturated rings. The van der Waals surface area contributed by atoms with Gasteiger partial charge in [-0.15, -0.1) is 6.58 Å². The molecule has 0 aromatic heterocycles. The molecule has 1 unspecified atom stereocenters. The van der Waals surface area contributed by atoms with E-state index >= 15 is 0 Å². The fraction of sp³-hybridized carbons (Fsp3) is 0.333. The Hall–Kier alpha value is -1.73. The Bertz CT molecular complexity index is 339. The van der Waals surface area contributed by atoms with Crippen molar-refractivity contribution in [2.24, 2.45) is 5.11 Å². The molecular weight excluding hydrogens is 186 g/mol. The van der Waals surface area contributed by atoms with Crippen molar-refractivity contribution in [3.05, 3.63) is 59.0 Å². The van der Waals surface area contributed by atoms with Crippen LogP contribution in [0.25, 0.3) is 10.4 Å². The molecule has 1 atom stereocenters. The molecule has 0 spiro atoms. The van der Waals surface area contributed by atoms with Crippen LogP contribution in [0, 0.1) is 0 Å². The molecule has 0 heterocycles. The average Bonchev–Trinajstić information content (AvgIpc) is 2.30. The lowest BCUT2D eigenvalue weighted by molar-refractivity contribution is 0.640. The number of rotatable bonds is 6. The van der Waals surface area contributed by atoms with Crippen LogP contribution in [0.3, 0.4) is 0 Å². The number of nitrogens with zero attached hydrogens (tertiary/aromatic N) is 3. The summed E-state index contributed by atoms with van der Waals surface area (Å²) in [7, 11) is 0. The van der Waals surface area contributed by atoms with Crippen LogP contribution in [0.4, 0.5) is 0 Å². The van der Waals surface area contributed by atoms with Crippen LogP contribution in [-0.4, -0.2) is 6.54 Å². The van der Waals surface area contributed by atoms with Gasteiger partial charge < -0.3 is 0 Å². The molecule has 0 saturated heterocycles. The molecule has 0 aliphatic rings. The minimum absolute atomic E-state index is 0.306. The molecular formula is C12H15N3. The van der Waals surface area contributed by atoms with E-state index in [1.54, 1.807) is 0 Å². The number of hydrogen-bond acceptors (Lipinski definition) is 1. The van der Waals surface area contributed by atoms with E-state index in [0.717, 1.165) is 12.8 Å². The smallest absolute Gasteiger partial charge is 0.0326 e. The fourth-order valence-electron chi connectivity index (χ4n) is 1.54. The molecule has 0 bridgehead atoms. The van der Waals surface area contributed by atoms with Gasteiger partial charge in [0.2, 0.25) is 0 Å². The van der Waals surface area contributed by atoms with Crippen LogP contribution in [0.1, 0.15) is 24.3 Å². The summed E-state index contributed by atoms with van der Waals surface area (Å²) in [5.41, 5.74) is 9.55. The van der Waals surface area contributed by atoms with Crippen molar-refractivity contribution >= 4 is 0 Å². The number of benzene rings is 1. The van der Waals surface area contributed by atoms with Crippen molar-refractivity contribution in [2.75, 3.05) is 6.54 Å². The van der Waals surface area contributed by atoms with E-state index < -0.39 is 0 Å². The van der Waals surface area contributed by atoms with E-state index in [-0.39, 0.29) is 0 Å². The molecule has 0 aliphatic heterocycles. The van der Waals surface area contributed by atoms with Gasteiger partial charge in [0.1, 0.15) is 0 Å². The van der Waals surface area contributed by atoms with E-state index in [4.69, 9.17) is 5.53 Å². The largest absolute Gasteiger partial charge is 0.103 e. The molecule has 15 heavy (non-hydrogen) atoms. The quantitative estimate of drug-likeness (QED) is 0.288. The second-order valence-corrected chi connectivity index (χ2v) is 3.39. The van der Waals surface area contributed by atoms with Crippen molar-refractivity contribution in [3.63, 3.8) is 0 Å². The molecule has 78 valence electrons. The van der Waals surface area contributed by atoms with Crippen LogP contribution in [0.15, 0.2) is 48.1 Å². The molecule has 1 aromatic carbocycles. The standard InChI is InChI=1S/C12H15N3/c1-2-3-7-12(10-14-15-13)11-8-5-4-6-9-11/h2,4-6,8-9,12H,1,3,7,10H2. The molecule has 3 nitrogen and oxygen atoms in total. The maximum absolute atomic E-state index is 8.33. The zero-order valence-corrected chi connectivity index (χ0v) is 8.71. The van der Waals surface area contributed by atoms with Crippen molar-refractivity contribution < 1.29 is 0 Å². The van der Waals surface area contributed by atoms with Gasteiger partial charge in [-0.05, 0) is 29.9 Å². The Morgan fingerprint density at radius 1 is 1.40 bits per heavy atom. The lowest BCUT2D eigenvalue weighted by Crippen LogP contribution is -2.01. The van der Waals surface area contributed by atoms with E-state index in [1.807, 2.05) is 24.3 Å². The van der Waals surface area contributed by atoms with E-state index in [1.165, 1.54) is 5.56 Å². The van der Waals surface area contributed by atoms with Crippen molar-refractivity contribution in [1.29, 1.82) is 0 Å². The highest BCUT2D eigenvalue weighted by atomic mass is 15.1. The van der Waals surface area contributed by atoms with Gasteiger partial charge >= 0.3 is 0 Å². The van der Waals surface area contributed by atoms with Crippen molar-refractivity contribution in [1.82, 2.24) is 0 Å². The van der Waals surface area contributed by atoms with Gasteiger partial charge in [0, 0.05) is 11.5 Å². The van der Waals surface area contributed by atoms with Gasteiger partial charge in [-0.3, -0.25) is 0 Å². The highest BCUT2D eigenvalue weighted by Crippen LogP contribution is 2.21. The summed E-state index contributed by atoms with van der Waals surface area (Å²) in [5, 5.41) is 3.65. The van der Waals surface area contributed by atoms with Crippen LogP contribution in [-0.2, 0) is 0 Å². The van der Waals surface area contributed by atoms with Crippen LogP contribution in [0.5, 0.6) is 0 Å². The van der Waals surface area contributed by atoms with Crippen LogP contribution in [0.2, 0.25) is 0 Å². The van der Waals surface area contributed by atoms with Gasteiger partial charge in [0.05, 0.1) is 0 Å². The molecule has 0 radical (unpaired) electrons. The minimum Gasteiger partial charge on any atom is -0.103 e. The molecule has 1 aromatic rings. The maximum Gasteiger partial charge on any atom is 0.0326 e. The Balaban J connectivity index is 2.70. The number of allylic oxidation sites excluding steroid dienone is 1. The third-order valence-corrected chi connectivity index (χ3v) is 2.36. The summed E-state index contributed by atoms with van der Waals surface area (Å²) in [5.74, 6) is 0.306. The van der Waals surface area contributed by atoms with Gasteiger partial charge in [0.15, 0.2) is 0 Å². The first-order valence-electron chi connectivity index (χ1n) is 5.05. The predicted molar refractivity (Wildman–Crippen MR) is 62.6 cm³/mol. The lowest BCUT2D eigenvalue weighted by Gasteiger charge is -2.13. The van der Waals surface area contributed by atoms with Crippen LogP contribution < -0.4 is 0 Å². The van der Waals surface area contributed by atoms with Gasteiger partial charge in [0.25, 0.3) is 0 Å². The van der Waals surface area contributed by atoms with Crippen molar-refractivity contribution in [3.8, 4) is 0 Å². The topological polar surface area (TPSA) is 48.8 Å². The first-order valence-corrected chi connectivity index (χ1v) is 5.05. The lowest BCUT2D eigenvalue weighted by atomic mass is 9.94. The second-order valence-electron chi connectivity index (χ2n) is 3.39. The van der Waals surface area contributed by atoms with Crippen molar-refractivity contribution in [2.45, 2.75) is 18.8 Å². The second kappa shape index (κ2) is 6.68. The summed E-state index contributed by atoms with van der Waals surface area (Å²) in [6.07, 6.45) is 3.82. The highest BCUT2D eigenvalue weighted by Gasteiger charge is 2.08. The first-order chi connectivity index (χ1) is 7.38. The zero-order valence-electron chi connectivity index (χ0n) is 8.71. The highest BCUT2D eigenvalue weighted by molar-refractivity contribution is 5.20. The first kappa shape index (κ1) is 11.3. The predicted octanol–water partition coefficient (Wildman–Crippen LogP) is 4.05. The maximum atomic E-state index is 8.33. The van der Waals surface area contributed by atoms with Gasteiger partial charge in [-0.25, -0.2) is 0 Å². The number of azide groups is 1. The summed E-state index contributed by atoms with van der Waals surface area (Å²) < 4.78 is 0. The monoisotopic (exact) mass is 201 g/mol. The summed E-state index contributed by atoms with van der Waals surface area (Å²) in [6.45, 7) is 4.23. The van der Waals surface area contributed by atoms with E-state index in [0.29, 0.717) is 12.5 Å². The molecule has 1 rings (SSSR count). The number of hydrogen-bond donors (Lipinski definition) is 0. The zero-order chi connectivity index (χ0) is 10.9.